The first-order valence-electron chi connectivity index (χ1n) is 18.4. The fraction of sp³-hybridized carbons (Fsp3) is 0.0638. The van der Waals surface area contributed by atoms with Gasteiger partial charge < -0.3 is 4.42 Å². The first-order valence-corrected chi connectivity index (χ1v) is 16.4. The van der Waals surface area contributed by atoms with Crippen LogP contribution in [0.5, 0.6) is 0 Å². The number of hydrogen-bond donors (Lipinski definition) is 0. The van der Waals surface area contributed by atoms with Crippen molar-refractivity contribution in [1.29, 1.82) is 0 Å². The highest BCUT2D eigenvalue weighted by Crippen LogP contribution is 2.50. The predicted molar refractivity (Wildman–Crippen MR) is 203 cm³/mol. The summed E-state index contributed by atoms with van der Waals surface area (Å²) < 4.78 is 42.4. The summed E-state index contributed by atoms with van der Waals surface area (Å²) in [6.45, 7) is 4.59. The maximum absolute atomic E-state index is 9.21. The number of furan rings is 1. The molecule has 0 amide bonds. The van der Waals surface area contributed by atoms with Crippen LogP contribution in [0.4, 0.5) is 0 Å². The fourth-order valence-electron chi connectivity index (χ4n) is 8.13. The lowest BCUT2D eigenvalue weighted by Gasteiger charge is -2.21. The molecule has 9 aromatic rings. The molecule has 1 aliphatic carbocycles. The fourth-order valence-corrected chi connectivity index (χ4v) is 8.13. The maximum Gasteiger partial charge on any atom is 0.143 e. The Morgan fingerprint density at radius 2 is 1.10 bits per heavy atom. The lowest BCUT2D eigenvalue weighted by atomic mass is 9.82. The van der Waals surface area contributed by atoms with Gasteiger partial charge in [0, 0.05) is 21.8 Å². The van der Waals surface area contributed by atoms with Gasteiger partial charge in [-0.1, -0.05) is 153 Å². The van der Waals surface area contributed by atoms with E-state index in [0.717, 1.165) is 66.1 Å². The van der Waals surface area contributed by atoms with Gasteiger partial charge in [0.15, 0.2) is 0 Å². The van der Waals surface area contributed by atoms with Gasteiger partial charge in [0.2, 0.25) is 0 Å². The summed E-state index contributed by atoms with van der Waals surface area (Å²) in [5, 5.41) is 4.87. The normalized spacial score (nSPS) is 14.5. The number of benzene rings is 8. The molecular formula is C47H32O. The minimum absolute atomic E-state index is 0.0670. The van der Waals surface area contributed by atoms with Gasteiger partial charge in [0.1, 0.15) is 11.2 Å². The third-order valence-corrected chi connectivity index (χ3v) is 10.4. The molecule has 0 unspecified atom stereocenters. The van der Waals surface area contributed by atoms with Gasteiger partial charge in [0.25, 0.3) is 0 Å². The number of hydrogen-bond acceptors (Lipinski definition) is 1. The summed E-state index contributed by atoms with van der Waals surface area (Å²) in [5.41, 5.74) is 12.1. The molecule has 0 aliphatic heterocycles. The molecule has 10 rings (SSSR count). The van der Waals surface area contributed by atoms with Crippen molar-refractivity contribution < 1.29 is 9.90 Å². The second kappa shape index (κ2) is 10.0. The highest BCUT2D eigenvalue weighted by Gasteiger charge is 2.35. The molecule has 0 bridgehead atoms. The van der Waals surface area contributed by atoms with Gasteiger partial charge in [-0.2, -0.15) is 0 Å². The Morgan fingerprint density at radius 1 is 0.458 bits per heavy atom. The van der Waals surface area contributed by atoms with Crippen molar-refractivity contribution in [3.63, 3.8) is 0 Å². The van der Waals surface area contributed by atoms with E-state index < -0.39 is 0 Å². The van der Waals surface area contributed by atoms with Gasteiger partial charge in [-0.15, -0.1) is 0 Å². The van der Waals surface area contributed by atoms with Crippen molar-refractivity contribution in [3.05, 3.63) is 169 Å². The monoisotopic (exact) mass is 616 g/mol. The molecule has 0 saturated heterocycles. The molecule has 8 aromatic carbocycles. The second-order valence-electron chi connectivity index (χ2n) is 13.3. The zero-order valence-electron chi connectivity index (χ0n) is 30.6. The zero-order chi connectivity index (χ0) is 35.5. The Bertz CT molecular complexity index is 2970. The predicted octanol–water partition coefficient (Wildman–Crippen LogP) is 13.2. The van der Waals surface area contributed by atoms with Crippen LogP contribution in [0.2, 0.25) is 0 Å². The van der Waals surface area contributed by atoms with Gasteiger partial charge in [0.05, 0.1) is 5.48 Å². The summed E-state index contributed by atoms with van der Waals surface area (Å²) in [6, 6.07) is 45.4. The van der Waals surface area contributed by atoms with Crippen molar-refractivity contribution in [1.82, 2.24) is 0 Å². The quantitative estimate of drug-likeness (QED) is 0.180. The van der Waals surface area contributed by atoms with E-state index in [1.54, 1.807) is 12.1 Å². The molecule has 0 radical (unpaired) electrons. The van der Waals surface area contributed by atoms with Crippen molar-refractivity contribution >= 4 is 43.5 Å². The molecule has 1 heterocycles. The maximum atomic E-state index is 9.21. The summed E-state index contributed by atoms with van der Waals surface area (Å²) in [6.07, 6.45) is 0. The molecule has 226 valence electrons. The van der Waals surface area contributed by atoms with Crippen molar-refractivity contribution in [2.75, 3.05) is 0 Å². The van der Waals surface area contributed by atoms with Crippen LogP contribution in [-0.2, 0) is 5.41 Å². The Morgan fingerprint density at radius 3 is 1.90 bits per heavy atom. The minimum atomic E-state index is -0.0670. The molecule has 0 spiro atoms. The van der Waals surface area contributed by atoms with Crippen LogP contribution in [0.1, 0.15) is 30.5 Å². The lowest BCUT2D eigenvalue weighted by Crippen LogP contribution is -2.14. The highest BCUT2D eigenvalue weighted by atomic mass is 16.3. The van der Waals surface area contributed by atoms with E-state index in [9.17, 15) is 1.37 Å². The van der Waals surface area contributed by atoms with E-state index in [4.69, 9.17) is 8.53 Å². The zero-order valence-corrected chi connectivity index (χ0v) is 26.6. The molecule has 1 nitrogen and oxygen atoms in total. The Balaban J connectivity index is 1.22. The van der Waals surface area contributed by atoms with Crippen LogP contribution in [0.3, 0.4) is 0 Å². The van der Waals surface area contributed by atoms with Crippen LogP contribution in [0, 0.1) is 0 Å². The topological polar surface area (TPSA) is 13.1 Å². The summed E-state index contributed by atoms with van der Waals surface area (Å²) in [7, 11) is 0. The summed E-state index contributed by atoms with van der Waals surface area (Å²) in [5.74, 6) is 0. The van der Waals surface area contributed by atoms with E-state index in [2.05, 4.69) is 86.6 Å². The van der Waals surface area contributed by atoms with Crippen LogP contribution in [-0.4, -0.2) is 0 Å². The lowest BCUT2D eigenvalue weighted by molar-refractivity contribution is 0.660. The minimum Gasteiger partial charge on any atom is -0.455 e. The summed E-state index contributed by atoms with van der Waals surface area (Å²) in [4.78, 5) is 0. The third kappa shape index (κ3) is 3.79. The third-order valence-electron chi connectivity index (χ3n) is 10.4. The molecule has 0 saturated carbocycles. The van der Waals surface area contributed by atoms with E-state index in [0.29, 0.717) is 10.8 Å². The molecule has 0 N–H and O–H groups in total. The van der Waals surface area contributed by atoms with E-state index in [-0.39, 0.29) is 29.6 Å². The van der Waals surface area contributed by atoms with Gasteiger partial charge >= 0.3 is 0 Å². The smallest absolute Gasteiger partial charge is 0.143 e. The Kier molecular flexibility index (Phi) is 4.90. The molecule has 1 aliphatic rings. The molecule has 0 atom stereocenters. The first-order chi connectivity index (χ1) is 25.2. The van der Waals surface area contributed by atoms with Crippen LogP contribution in [0.25, 0.3) is 88.0 Å². The number of rotatable bonds is 3. The van der Waals surface area contributed by atoms with Crippen molar-refractivity contribution in [2.45, 2.75) is 19.3 Å². The standard InChI is InChI=1S/C47H32O/c1-47(2)41-22-11-10-15-33(41)40-27-30(24-26-42(40)47)32-20-12-21-39-34-25-23-31(28-43(34)48-46(32)39)45-37-18-8-6-16-35(37)44(29-13-4-3-5-14-29)36-17-7-9-19-38(36)45/h3-28H,1-2H3/i6D,9D,16D,19D. The number of fused-ring (bicyclic) bond motifs is 8. The van der Waals surface area contributed by atoms with Crippen molar-refractivity contribution in [2.24, 2.45) is 0 Å². The molecule has 0 fully saturated rings. The SMILES string of the molecule is [2H]c1ccc2c(-c3ccc4c(c3)oc3c(-c5ccc6c(c5)-c5ccccc5C6(C)C)cccc34)c3c([2H])c([2H])ccc3c(-c3ccccc3)c2c1[2H]. The second-order valence-corrected chi connectivity index (χ2v) is 13.3. The van der Waals surface area contributed by atoms with Gasteiger partial charge in [-0.3, -0.25) is 0 Å². The first kappa shape index (κ1) is 23.4. The average molecular weight is 617 g/mol. The van der Waals surface area contributed by atoms with E-state index in [1.807, 2.05) is 48.5 Å². The van der Waals surface area contributed by atoms with Gasteiger partial charge in [-0.25, -0.2) is 0 Å². The summed E-state index contributed by atoms with van der Waals surface area (Å²) >= 11 is 0. The largest absolute Gasteiger partial charge is 0.455 e. The van der Waals surface area contributed by atoms with Gasteiger partial charge in [-0.05, 0) is 89.8 Å². The number of para-hydroxylation sites is 1. The highest BCUT2D eigenvalue weighted by molar-refractivity contribution is 6.22. The van der Waals surface area contributed by atoms with E-state index >= 15 is 0 Å². The molecule has 48 heavy (non-hydrogen) atoms. The van der Waals surface area contributed by atoms with E-state index in [1.165, 1.54) is 22.3 Å². The molecular weight excluding hydrogens is 581 g/mol. The Hall–Kier alpha value is -5.92. The van der Waals surface area contributed by atoms with Crippen LogP contribution < -0.4 is 0 Å². The van der Waals surface area contributed by atoms with Crippen LogP contribution in [0.15, 0.2) is 162 Å². The Labute approximate surface area is 285 Å². The van der Waals surface area contributed by atoms with Crippen molar-refractivity contribution in [3.8, 4) is 44.5 Å². The van der Waals surface area contributed by atoms with Crippen LogP contribution >= 0.6 is 0 Å². The average Bonchev–Trinajstić information content (AvgIpc) is 3.65. The molecule has 1 aromatic heterocycles. The molecule has 1 heteroatoms.